The van der Waals surface area contributed by atoms with E-state index < -0.39 is 5.92 Å². The lowest BCUT2D eigenvalue weighted by Gasteiger charge is -2.17. The quantitative estimate of drug-likeness (QED) is 0.268. The molecule has 1 aliphatic heterocycles. The molecule has 6 heterocycles. The van der Waals surface area contributed by atoms with E-state index in [2.05, 4.69) is 50.3 Å². The Morgan fingerprint density at radius 3 is 2.74 bits per heavy atom. The first kappa shape index (κ1) is 23.7. The molecule has 0 bridgehead atoms. The molecule has 196 valence electrons. The van der Waals surface area contributed by atoms with Crippen molar-refractivity contribution >= 4 is 22.1 Å². The molecular weight excluding hydrogens is 500 g/mol. The summed E-state index contributed by atoms with van der Waals surface area (Å²) < 4.78 is 32.8. The van der Waals surface area contributed by atoms with Crippen LogP contribution >= 0.6 is 0 Å². The molecule has 0 atom stereocenters. The number of fused-ring (bicyclic) bond motifs is 2. The summed E-state index contributed by atoms with van der Waals surface area (Å²) in [6.45, 7) is 2.80. The maximum atomic E-state index is 13.8. The molecule has 0 unspecified atom stereocenters. The Morgan fingerprint density at radius 2 is 1.95 bits per heavy atom. The highest BCUT2D eigenvalue weighted by molar-refractivity contribution is 5.96. The van der Waals surface area contributed by atoms with E-state index in [1.165, 1.54) is 0 Å². The van der Waals surface area contributed by atoms with Gasteiger partial charge in [-0.3, -0.25) is 15.0 Å². The van der Waals surface area contributed by atoms with Crippen LogP contribution in [-0.4, -0.2) is 54.0 Å². The van der Waals surface area contributed by atoms with Gasteiger partial charge >= 0.3 is 0 Å². The van der Waals surface area contributed by atoms with E-state index in [0.717, 1.165) is 61.9 Å². The van der Waals surface area contributed by atoms with E-state index >= 15 is 0 Å². The molecule has 1 fully saturated rings. The highest BCUT2D eigenvalue weighted by Crippen LogP contribution is 2.33. The average molecular weight is 526 g/mol. The molecule has 1 aromatic carbocycles. The van der Waals surface area contributed by atoms with Gasteiger partial charge in [-0.05, 0) is 41.3 Å². The van der Waals surface area contributed by atoms with Gasteiger partial charge in [0.05, 0.1) is 36.2 Å². The standard InChI is InChI=1S/C29H25F2N7O/c1-2-17-7-18(14-38-5-4-29(30,31)16-38)9-20(8-17)21-10-22-26(36-37-27(22)33-11-21)28-34-24-13-32-12-23(25(24)35-28)19-3-6-39-15-19/h3,6-13,15H,2,4-5,14,16H2,1H3,(H,34,35)(H,33,36,37). The van der Waals surface area contributed by atoms with Crippen molar-refractivity contribution in [3.05, 3.63) is 72.6 Å². The summed E-state index contributed by atoms with van der Waals surface area (Å²) in [6.07, 6.45) is 9.36. The number of nitrogens with zero attached hydrogens (tertiary/aromatic N) is 5. The average Bonchev–Trinajstić information content (AvgIpc) is 3.73. The Bertz CT molecular complexity index is 1810. The summed E-state index contributed by atoms with van der Waals surface area (Å²) in [7, 11) is 0. The topological polar surface area (TPSA) is 99.5 Å². The monoisotopic (exact) mass is 525 g/mol. The third-order valence-corrected chi connectivity index (χ3v) is 7.32. The number of aryl methyl sites for hydroxylation is 1. The number of halogens is 2. The Hall–Kier alpha value is -4.44. The minimum absolute atomic E-state index is 0.0847. The van der Waals surface area contributed by atoms with Gasteiger partial charge in [0, 0.05) is 48.6 Å². The molecule has 2 N–H and O–H groups in total. The Kier molecular flexibility index (Phi) is 5.52. The second kappa shape index (κ2) is 9.09. The van der Waals surface area contributed by atoms with Gasteiger partial charge in [0.2, 0.25) is 0 Å². The van der Waals surface area contributed by atoms with Gasteiger partial charge in [-0.2, -0.15) is 5.10 Å². The molecule has 0 aliphatic carbocycles. The lowest BCUT2D eigenvalue weighted by Crippen LogP contribution is -2.24. The summed E-state index contributed by atoms with van der Waals surface area (Å²) in [5.74, 6) is -1.98. The third-order valence-electron chi connectivity index (χ3n) is 7.32. The predicted molar refractivity (Wildman–Crippen MR) is 144 cm³/mol. The zero-order valence-corrected chi connectivity index (χ0v) is 21.2. The predicted octanol–water partition coefficient (Wildman–Crippen LogP) is 6.23. The van der Waals surface area contributed by atoms with E-state index in [4.69, 9.17) is 9.40 Å². The zero-order valence-electron chi connectivity index (χ0n) is 21.2. The van der Waals surface area contributed by atoms with Crippen LogP contribution in [0.3, 0.4) is 0 Å². The first-order chi connectivity index (χ1) is 19.0. The summed E-state index contributed by atoms with van der Waals surface area (Å²) in [6, 6.07) is 10.2. The maximum Gasteiger partial charge on any atom is 0.261 e. The largest absolute Gasteiger partial charge is 0.472 e. The van der Waals surface area contributed by atoms with E-state index in [9.17, 15) is 8.78 Å². The Morgan fingerprint density at radius 1 is 1.05 bits per heavy atom. The van der Waals surface area contributed by atoms with Gasteiger partial charge in [-0.25, -0.2) is 18.7 Å². The lowest BCUT2D eigenvalue weighted by molar-refractivity contribution is 0.0115. The highest BCUT2D eigenvalue weighted by Gasteiger charge is 2.37. The van der Waals surface area contributed by atoms with Gasteiger partial charge < -0.3 is 9.40 Å². The molecule has 1 aliphatic rings. The molecule has 10 heteroatoms. The molecule has 8 nitrogen and oxygen atoms in total. The molecule has 7 rings (SSSR count). The first-order valence-electron chi connectivity index (χ1n) is 12.9. The van der Waals surface area contributed by atoms with Crippen molar-refractivity contribution in [3.63, 3.8) is 0 Å². The number of imidazole rings is 1. The molecule has 1 saturated heterocycles. The van der Waals surface area contributed by atoms with Crippen LogP contribution in [0.4, 0.5) is 8.78 Å². The van der Waals surface area contributed by atoms with Crippen LogP contribution in [0.5, 0.6) is 0 Å². The maximum absolute atomic E-state index is 13.8. The number of benzene rings is 1. The number of H-pyrrole nitrogens is 2. The van der Waals surface area contributed by atoms with Gasteiger partial charge in [0.25, 0.3) is 5.92 Å². The van der Waals surface area contributed by atoms with E-state index in [1.54, 1.807) is 31.1 Å². The Labute approximate surface area is 222 Å². The van der Waals surface area contributed by atoms with Gasteiger partial charge in [-0.15, -0.1) is 0 Å². The van der Waals surface area contributed by atoms with Crippen LogP contribution in [0, 0.1) is 0 Å². The zero-order chi connectivity index (χ0) is 26.6. The van der Waals surface area contributed by atoms with Crippen LogP contribution < -0.4 is 0 Å². The van der Waals surface area contributed by atoms with Crippen molar-refractivity contribution in [2.45, 2.75) is 32.2 Å². The number of pyridine rings is 2. The number of likely N-dealkylation sites (tertiary alicyclic amines) is 1. The smallest absolute Gasteiger partial charge is 0.261 e. The first-order valence-corrected chi connectivity index (χ1v) is 12.9. The third kappa shape index (κ3) is 4.36. The van der Waals surface area contributed by atoms with Gasteiger partial charge in [-0.1, -0.05) is 19.1 Å². The molecular formula is C29H25F2N7O. The number of furan rings is 1. The number of hydrogen-bond donors (Lipinski definition) is 2. The van der Waals surface area contributed by atoms with E-state index in [-0.39, 0.29) is 13.0 Å². The summed E-state index contributed by atoms with van der Waals surface area (Å²) in [5, 5.41) is 8.32. The van der Waals surface area contributed by atoms with Crippen LogP contribution in [0.15, 0.2) is 65.9 Å². The number of rotatable bonds is 6. The molecule has 0 saturated carbocycles. The van der Waals surface area contributed by atoms with Crippen molar-refractivity contribution in [1.29, 1.82) is 0 Å². The van der Waals surface area contributed by atoms with E-state index in [1.807, 2.05) is 17.0 Å². The minimum atomic E-state index is -2.61. The van der Waals surface area contributed by atoms with Crippen molar-refractivity contribution in [3.8, 4) is 33.8 Å². The second-order valence-electron chi connectivity index (χ2n) is 10.1. The molecule has 6 aromatic rings. The fraction of sp³-hybridized carbons (Fsp3) is 0.241. The van der Waals surface area contributed by atoms with Crippen molar-refractivity contribution < 1.29 is 13.2 Å². The van der Waals surface area contributed by atoms with Crippen LogP contribution in [-0.2, 0) is 13.0 Å². The highest BCUT2D eigenvalue weighted by atomic mass is 19.3. The molecule has 0 amide bonds. The van der Waals surface area contributed by atoms with Crippen molar-refractivity contribution in [2.75, 3.05) is 13.1 Å². The summed E-state index contributed by atoms with van der Waals surface area (Å²) in [5.41, 5.74) is 8.72. The van der Waals surface area contributed by atoms with Crippen LogP contribution in [0.1, 0.15) is 24.5 Å². The molecule has 0 radical (unpaired) electrons. The minimum Gasteiger partial charge on any atom is -0.472 e. The van der Waals surface area contributed by atoms with Crippen molar-refractivity contribution in [1.82, 2.24) is 35.0 Å². The normalized spacial score (nSPS) is 15.6. The second-order valence-corrected chi connectivity index (χ2v) is 10.1. The fourth-order valence-electron chi connectivity index (χ4n) is 5.34. The summed E-state index contributed by atoms with van der Waals surface area (Å²) in [4.78, 5) is 19.0. The summed E-state index contributed by atoms with van der Waals surface area (Å²) >= 11 is 0. The number of aromatic amines is 2. The van der Waals surface area contributed by atoms with Crippen molar-refractivity contribution in [2.24, 2.45) is 0 Å². The molecule has 0 spiro atoms. The number of nitrogens with one attached hydrogen (secondary N) is 2. The van der Waals surface area contributed by atoms with E-state index in [0.29, 0.717) is 24.6 Å². The van der Waals surface area contributed by atoms with Crippen LogP contribution in [0.25, 0.3) is 55.8 Å². The lowest BCUT2D eigenvalue weighted by atomic mass is 9.98. The van der Waals surface area contributed by atoms with Crippen LogP contribution in [0.2, 0.25) is 0 Å². The molecule has 39 heavy (non-hydrogen) atoms. The van der Waals surface area contributed by atoms with Gasteiger partial charge in [0.1, 0.15) is 11.2 Å². The number of hydrogen-bond acceptors (Lipinski definition) is 6. The van der Waals surface area contributed by atoms with Gasteiger partial charge in [0.15, 0.2) is 11.5 Å². The number of aromatic nitrogens is 6. The number of alkyl halides is 2. The molecule has 5 aromatic heterocycles. The fourth-order valence-corrected chi connectivity index (χ4v) is 5.34. The SMILES string of the molecule is CCc1cc(CN2CCC(F)(F)C2)cc(-c2cnc3n[nH]c(-c4nc5c(-c6ccoc6)cncc5[nH]4)c3c2)c1. The Balaban J connectivity index is 1.27.